The molecule has 2 rings (SSSR count). The number of hydrogen-bond donors (Lipinski definition) is 1. The van der Waals surface area contributed by atoms with E-state index < -0.39 is 0 Å². The van der Waals surface area contributed by atoms with Crippen molar-refractivity contribution >= 4 is 5.69 Å². The molecular weight excluding hydrogens is 134 g/mol. The first-order valence-corrected chi connectivity index (χ1v) is 4.16. The Morgan fingerprint density at radius 1 is 1.45 bits per heavy atom. The third kappa shape index (κ3) is 1.97. The predicted octanol–water partition coefficient (Wildman–Crippen LogP) is 2.31. The van der Waals surface area contributed by atoms with E-state index in [2.05, 4.69) is 17.4 Å². The van der Waals surface area contributed by atoms with Gasteiger partial charge in [0, 0.05) is 18.3 Å². The van der Waals surface area contributed by atoms with Crippen molar-refractivity contribution in [2.45, 2.75) is 12.8 Å². The molecule has 1 radical (unpaired) electrons. The van der Waals surface area contributed by atoms with Crippen molar-refractivity contribution in [1.29, 1.82) is 0 Å². The lowest BCUT2D eigenvalue weighted by atomic mass is 10.3. The Morgan fingerprint density at radius 2 is 2.36 bits per heavy atom. The summed E-state index contributed by atoms with van der Waals surface area (Å²) in [7, 11) is 0. The average molecular weight is 146 g/mol. The van der Waals surface area contributed by atoms with Gasteiger partial charge >= 0.3 is 0 Å². The summed E-state index contributed by atoms with van der Waals surface area (Å²) < 4.78 is 0. The molecule has 57 valence electrons. The number of nitrogens with one attached hydrogen (secondary N) is 1. The molecule has 0 amide bonds. The predicted molar refractivity (Wildman–Crippen MR) is 46.5 cm³/mol. The largest absolute Gasteiger partial charge is 0.384 e. The summed E-state index contributed by atoms with van der Waals surface area (Å²) in [5, 5.41) is 3.35. The Balaban J connectivity index is 1.85. The van der Waals surface area contributed by atoms with E-state index in [0.717, 1.165) is 18.2 Å². The van der Waals surface area contributed by atoms with E-state index in [1.807, 2.05) is 18.2 Å². The minimum atomic E-state index is 0.934. The van der Waals surface area contributed by atoms with Gasteiger partial charge in [-0.05, 0) is 24.8 Å². The van der Waals surface area contributed by atoms with Crippen LogP contribution in [-0.4, -0.2) is 6.54 Å². The maximum absolute atomic E-state index is 3.35. The SMILES string of the molecule is [c]1ccccc1NCC1CC1. The van der Waals surface area contributed by atoms with Crippen LogP contribution in [0.3, 0.4) is 0 Å². The standard InChI is InChI=1S/C10H12N/c1-2-4-10(5-3-1)11-8-9-6-7-9/h1-4,9,11H,6-8H2. The third-order valence-electron chi connectivity index (χ3n) is 1.99. The zero-order valence-electron chi connectivity index (χ0n) is 6.51. The fraction of sp³-hybridized carbons (Fsp3) is 0.400. The molecule has 0 unspecified atom stereocenters. The fourth-order valence-corrected chi connectivity index (χ4v) is 1.08. The van der Waals surface area contributed by atoms with Crippen LogP contribution in [0.4, 0.5) is 5.69 Å². The van der Waals surface area contributed by atoms with Gasteiger partial charge in [0.2, 0.25) is 0 Å². The van der Waals surface area contributed by atoms with Gasteiger partial charge in [0.25, 0.3) is 0 Å². The molecule has 0 heterocycles. The zero-order valence-corrected chi connectivity index (χ0v) is 6.51. The van der Waals surface area contributed by atoms with Crippen LogP contribution in [0, 0.1) is 12.0 Å². The molecule has 1 aliphatic carbocycles. The summed E-state index contributed by atoms with van der Waals surface area (Å²) in [6, 6.07) is 11.2. The maximum atomic E-state index is 3.35. The van der Waals surface area contributed by atoms with E-state index in [1.54, 1.807) is 0 Å². The summed E-state index contributed by atoms with van der Waals surface area (Å²) >= 11 is 0. The van der Waals surface area contributed by atoms with Crippen molar-refractivity contribution in [2.24, 2.45) is 5.92 Å². The van der Waals surface area contributed by atoms with E-state index in [4.69, 9.17) is 0 Å². The normalized spacial score (nSPS) is 16.4. The minimum Gasteiger partial charge on any atom is -0.384 e. The molecule has 1 aliphatic rings. The van der Waals surface area contributed by atoms with E-state index >= 15 is 0 Å². The fourth-order valence-electron chi connectivity index (χ4n) is 1.08. The van der Waals surface area contributed by atoms with Crippen molar-refractivity contribution in [3.8, 4) is 0 Å². The molecular formula is C10H12N. The molecule has 0 bridgehead atoms. The molecule has 1 aromatic carbocycles. The lowest BCUT2D eigenvalue weighted by Crippen LogP contribution is -2.02. The molecule has 1 N–H and O–H groups in total. The van der Waals surface area contributed by atoms with E-state index in [9.17, 15) is 0 Å². The van der Waals surface area contributed by atoms with Crippen LogP contribution >= 0.6 is 0 Å². The zero-order chi connectivity index (χ0) is 7.52. The second kappa shape index (κ2) is 2.95. The Kier molecular flexibility index (Phi) is 1.80. The minimum absolute atomic E-state index is 0.934. The third-order valence-corrected chi connectivity index (χ3v) is 1.99. The van der Waals surface area contributed by atoms with Crippen LogP contribution in [0.25, 0.3) is 0 Å². The molecule has 1 heteroatoms. The van der Waals surface area contributed by atoms with Gasteiger partial charge in [-0.3, -0.25) is 0 Å². The summed E-state index contributed by atoms with van der Waals surface area (Å²) in [4.78, 5) is 0. The van der Waals surface area contributed by atoms with Gasteiger partial charge in [-0.25, -0.2) is 0 Å². The van der Waals surface area contributed by atoms with Crippen LogP contribution in [0.1, 0.15) is 12.8 Å². The summed E-state index contributed by atoms with van der Waals surface area (Å²) in [6.07, 6.45) is 2.81. The Morgan fingerprint density at radius 3 is 3.00 bits per heavy atom. The van der Waals surface area contributed by atoms with Crippen molar-refractivity contribution in [1.82, 2.24) is 0 Å². The second-order valence-electron chi connectivity index (χ2n) is 3.10. The maximum Gasteiger partial charge on any atom is 0.0420 e. The topological polar surface area (TPSA) is 12.0 Å². The van der Waals surface area contributed by atoms with Crippen LogP contribution in [-0.2, 0) is 0 Å². The quantitative estimate of drug-likeness (QED) is 0.690. The first kappa shape index (κ1) is 6.71. The number of anilines is 1. The molecule has 0 saturated heterocycles. The first-order chi connectivity index (χ1) is 5.45. The van der Waals surface area contributed by atoms with Crippen molar-refractivity contribution in [3.05, 3.63) is 30.3 Å². The van der Waals surface area contributed by atoms with Gasteiger partial charge in [-0.2, -0.15) is 0 Å². The highest BCUT2D eigenvalue weighted by molar-refractivity contribution is 5.41. The van der Waals surface area contributed by atoms with Gasteiger partial charge in [-0.15, -0.1) is 0 Å². The highest BCUT2D eigenvalue weighted by Crippen LogP contribution is 2.28. The summed E-state index contributed by atoms with van der Waals surface area (Å²) in [5.74, 6) is 0.934. The number of benzene rings is 1. The van der Waals surface area contributed by atoms with Crippen molar-refractivity contribution < 1.29 is 0 Å². The highest BCUT2D eigenvalue weighted by Gasteiger charge is 2.20. The van der Waals surface area contributed by atoms with Crippen LogP contribution in [0.2, 0.25) is 0 Å². The second-order valence-corrected chi connectivity index (χ2v) is 3.10. The highest BCUT2D eigenvalue weighted by atomic mass is 14.9. The van der Waals surface area contributed by atoms with E-state index in [0.29, 0.717) is 0 Å². The molecule has 1 saturated carbocycles. The molecule has 11 heavy (non-hydrogen) atoms. The van der Waals surface area contributed by atoms with Gasteiger partial charge in [0.15, 0.2) is 0 Å². The molecule has 0 spiro atoms. The Bertz CT molecular complexity index is 214. The number of para-hydroxylation sites is 1. The van der Waals surface area contributed by atoms with Crippen molar-refractivity contribution in [3.63, 3.8) is 0 Å². The lowest BCUT2D eigenvalue weighted by Gasteiger charge is -2.02. The van der Waals surface area contributed by atoms with Gasteiger partial charge in [-0.1, -0.05) is 18.2 Å². The monoisotopic (exact) mass is 146 g/mol. The van der Waals surface area contributed by atoms with Gasteiger partial charge in [0.1, 0.15) is 0 Å². The molecule has 1 aromatic rings. The van der Waals surface area contributed by atoms with Crippen LogP contribution < -0.4 is 5.32 Å². The van der Waals surface area contributed by atoms with Gasteiger partial charge in [0.05, 0.1) is 0 Å². The summed E-state index contributed by atoms with van der Waals surface area (Å²) in [6.45, 7) is 1.13. The smallest absolute Gasteiger partial charge is 0.0420 e. The number of hydrogen-bond acceptors (Lipinski definition) is 1. The van der Waals surface area contributed by atoms with Crippen molar-refractivity contribution in [2.75, 3.05) is 11.9 Å². The molecule has 1 fully saturated rings. The van der Waals surface area contributed by atoms with Gasteiger partial charge < -0.3 is 5.32 Å². The van der Waals surface area contributed by atoms with E-state index in [-0.39, 0.29) is 0 Å². The average Bonchev–Trinajstić information content (AvgIpc) is 2.86. The first-order valence-electron chi connectivity index (χ1n) is 4.16. The molecule has 0 atom stereocenters. The lowest BCUT2D eigenvalue weighted by molar-refractivity contribution is 0.889. The van der Waals surface area contributed by atoms with Crippen LogP contribution in [0.15, 0.2) is 24.3 Å². The molecule has 0 aliphatic heterocycles. The summed E-state index contributed by atoms with van der Waals surface area (Å²) in [5.41, 5.74) is 1.12. The Labute approximate surface area is 67.4 Å². The van der Waals surface area contributed by atoms with Crippen LogP contribution in [0.5, 0.6) is 0 Å². The van der Waals surface area contributed by atoms with E-state index in [1.165, 1.54) is 12.8 Å². The Hall–Kier alpha value is -0.980. The molecule has 1 nitrogen and oxygen atoms in total. The number of rotatable bonds is 3. The molecule has 0 aromatic heterocycles.